The van der Waals surface area contributed by atoms with Gasteiger partial charge in [0, 0.05) is 29.4 Å². The fourth-order valence-corrected chi connectivity index (χ4v) is 5.18. The van der Waals surface area contributed by atoms with Crippen molar-refractivity contribution in [2.45, 2.75) is 51.9 Å². The lowest BCUT2D eigenvalue weighted by atomic mass is 9.97. The van der Waals surface area contributed by atoms with Gasteiger partial charge in [-0.2, -0.15) is 0 Å². The van der Waals surface area contributed by atoms with Crippen LogP contribution in [-0.4, -0.2) is 49.9 Å². The number of hydrogen-bond acceptors (Lipinski definition) is 6. The van der Waals surface area contributed by atoms with E-state index in [9.17, 15) is 9.59 Å². The molecule has 0 bridgehead atoms. The number of amides is 1. The van der Waals surface area contributed by atoms with E-state index < -0.39 is 17.9 Å². The highest BCUT2D eigenvalue weighted by Gasteiger charge is 2.24. The number of esters is 1. The Balaban J connectivity index is 1.43. The maximum Gasteiger partial charge on any atom is 0.410 e. The van der Waals surface area contributed by atoms with Gasteiger partial charge in [0.15, 0.2) is 11.6 Å². The first-order chi connectivity index (χ1) is 19.7. The Bertz CT molecular complexity index is 1350. The number of hydrogen-bond donors (Lipinski definition) is 0. The number of carbonyl (C=O) groups excluding carboxylic acids is 2. The standard InChI is InChI=1S/C32H35BrFNO6/c1-21-13-26(33)9-10-28(21)22(2)18-39-30(36)16-24-14-25(31(29(34)15-24)41-27-11-12-38-20-27)17-35(3)32(37)40-19-23-7-5-4-6-8-23/h4-10,13-15,22,27H,11-12,16-20H2,1-3H3/t22-,27+/m0/s1. The summed E-state index contributed by atoms with van der Waals surface area (Å²) in [7, 11) is 1.57. The summed E-state index contributed by atoms with van der Waals surface area (Å²) in [6.07, 6.45) is -0.340. The second-order valence-electron chi connectivity index (χ2n) is 10.3. The number of nitrogens with zero attached hydrogens (tertiary/aromatic N) is 1. The minimum atomic E-state index is -0.609. The summed E-state index contributed by atoms with van der Waals surface area (Å²) < 4.78 is 38.7. The topological polar surface area (TPSA) is 74.3 Å². The lowest BCUT2D eigenvalue weighted by Gasteiger charge is -2.22. The molecule has 1 aliphatic rings. The Hall–Kier alpha value is -3.43. The first-order valence-corrected chi connectivity index (χ1v) is 14.4. The summed E-state index contributed by atoms with van der Waals surface area (Å²) in [5.41, 5.74) is 3.91. The molecule has 0 aromatic heterocycles. The van der Waals surface area contributed by atoms with Crippen molar-refractivity contribution in [3.05, 3.63) is 98.8 Å². The summed E-state index contributed by atoms with van der Waals surface area (Å²) in [5, 5.41) is 0. The summed E-state index contributed by atoms with van der Waals surface area (Å²) in [5.74, 6) is -1.04. The van der Waals surface area contributed by atoms with Crippen LogP contribution in [0.3, 0.4) is 0 Å². The predicted octanol–water partition coefficient (Wildman–Crippen LogP) is 6.72. The van der Waals surface area contributed by atoms with Crippen molar-refractivity contribution in [1.29, 1.82) is 0 Å². The van der Waals surface area contributed by atoms with Gasteiger partial charge in [0.05, 0.1) is 32.8 Å². The zero-order valence-corrected chi connectivity index (χ0v) is 25.1. The molecule has 7 nitrogen and oxygen atoms in total. The van der Waals surface area contributed by atoms with E-state index in [1.165, 1.54) is 11.0 Å². The molecule has 1 amide bonds. The molecule has 1 heterocycles. The zero-order chi connectivity index (χ0) is 29.4. The SMILES string of the molecule is Cc1cc(Br)ccc1[C@@H](C)COC(=O)Cc1cc(F)c(O[C@@H]2CCOC2)c(CN(C)C(=O)OCc2ccccc2)c1. The third-order valence-electron chi connectivity index (χ3n) is 6.88. The van der Waals surface area contributed by atoms with Crippen molar-refractivity contribution in [2.75, 3.05) is 26.9 Å². The van der Waals surface area contributed by atoms with Crippen LogP contribution in [0.15, 0.2) is 65.1 Å². The number of halogens is 2. The van der Waals surface area contributed by atoms with Crippen molar-refractivity contribution in [3.8, 4) is 5.75 Å². The molecule has 0 N–H and O–H groups in total. The minimum absolute atomic E-state index is 0.000647. The number of ether oxygens (including phenoxy) is 4. The molecule has 9 heteroatoms. The molecule has 0 unspecified atom stereocenters. The second kappa shape index (κ2) is 14.5. The van der Waals surface area contributed by atoms with Crippen molar-refractivity contribution < 1.29 is 32.9 Å². The Labute approximate surface area is 248 Å². The third-order valence-corrected chi connectivity index (χ3v) is 7.38. The fourth-order valence-electron chi connectivity index (χ4n) is 4.70. The van der Waals surface area contributed by atoms with E-state index in [4.69, 9.17) is 18.9 Å². The predicted molar refractivity (Wildman–Crippen MR) is 156 cm³/mol. The number of rotatable bonds is 11. The summed E-state index contributed by atoms with van der Waals surface area (Å²) in [6.45, 7) is 5.25. The Morgan fingerprint density at radius 3 is 2.59 bits per heavy atom. The van der Waals surface area contributed by atoms with Gasteiger partial charge >= 0.3 is 12.1 Å². The third kappa shape index (κ3) is 8.78. The highest BCUT2D eigenvalue weighted by molar-refractivity contribution is 9.10. The largest absolute Gasteiger partial charge is 0.484 e. The van der Waals surface area contributed by atoms with Gasteiger partial charge in [0.1, 0.15) is 12.7 Å². The van der Waals surface area contributed by atoms with Gasteiger partial charge in [-0.05, 0) is 53.4 Å². The lowest BCUT2D eigenvalue weighted by molar-refractivity contribution is -0.143. The van der Waals surface area contributed by atoms with Crippen LogP contribution in [0.4, 0.5) is 9.18 Å². The van der Waals surface area contributed by atoms with Crippen LogP contribution in [0.2, 0.25) is 0 Å². The van der Waals surface area contributed by atoms with Crippen LogP contribution in [0, 0.1) is 12.7 Å². The Kier molecular flexibility index (Phi) is 10.8. The molecule has 0 aliphatic carbocycles. The average molecular weight is 629 g/mol. The Morgan fingerprint density at radius 2 is 1.88 bits per heavy atom. The van der Waals surface area contributed by atoms with Crippen LogP contribution < -0.4 is 4.74 Å². The van der Waals surface area contributed by atoms with Gasteiger partial charge in [-0.15, -0.1) is 0 Å². The van der Waals surface area contributed by atoms with Crippen molar-refractivity contribution >= 4 is 28.0 Å². The fraction of sp³-hybridized carbons (Fsp3) is 0.375. The number of carbonyl (C=O) groups is 2. The van der Waals surface area contributed by atoms with Gasteiger partial charge in [0.25, 0.3) is 0 Å². The van der Waals surface area contributed by atoms with Crippen molar-refractivity contribution in [2.24, 2.45) is 0 Å². The summed E-state index contributed by atoms with van der Waals surface area (Å²) >= 11 is 3.47. The molecule has 1 fully saturated rings. The lowest BCUT2D eigenvalue weighted by Crippen LogP contribution is -2.28. The van der Waals surface area contributed by atoms with Crippen molar-refractivity contribution in [1.82, 2.24) is 4.90 Å². The van der Waals surface area contributed by atoms with Crippen LogP contribution in [-0.2, 0) is 38.6 Å². The van der Waals surface area contributed by atoms with E-state index in [2.05, 4.69) is 15.9 Å². The first-order valence-electron chi connectivity index (χ1n) is 13.6. The highest BCUT2D eigenvalue weighted by Crippen LogP contribution is 2.29. The van der Waals surface area contributed by atoms with Gasteiger partial charge in [-0.1, -0.05) is 59.3 Å². The maximum absolute atomic E-state index is 15.4. The zero-order valence-electron chi connectivity index (χ0n) is 23.5. The molecule has 3 aromatic carbocycles. The van der Waals surface area contributed by atoms with E-state index in [-0.39, 0.29) is 44.0 Å². The monoisotopic (exact) mass is 627 g/mol. The van der Waals surface area contributed by atoms with E-state index >= 15 is 4.39 Å². The van der Waals surface area contributed by atoms with Crippen LogP contribution in [0.1, 0.15) is 47.1 Å². The average Bonchev–Trinajstić information content (AvgIpc) is 3.46. The number of benzene rings is 3. The minimum Gasteiger partial charge on any atom is -0.484 e. The van der Waals surface area contributed by atoms with Gasteiger partial charge < -0.3 is 23.8 Å². The molecule has 0 spiro atoms. The van der Waals surface area contributed by atoms with Gasteiger partial charge in [-0.3, -0.25) is 4.79 Å². The molecule has 1 saturated heterocycles. The molecule has 1 aliphatic heterocycles. The highest BCUT2D eigenvalue weighted by atomic mass is 79.9. The molecular formula is C32H35BrFNO6. The molecule has 218 valence electrons. The quantitative estimate of drug-likeness (QED) is 0.220. The van der Waals surface area contributed by atoms with Crippen LogP contribution in [0.5, 0.6) is 5.75 Å². The van der Waals surface area contributed by atoms with E-state index in [1.54, 1.807) is 13.1 Å². The van der Waals surface area contributed by atoms with Crippen LogP contribution >= 0.6 is 15.9 Å². The van der Waals surface area contributed by atoms with E-state index in [0.717, 1.165) is 21.2 Å². The van der Waals surface area contributed by atoms with Gasteiger partial charge in [-0.25, -0.2) is 9.18 Å². The number of aryl methyl sites for hydroxylation is 1. The van der Waals surface area contributed by atoms with E-state index in [1.807, 2.05) is 62.4 Å². The summed E-state index contributed by atoms with van der Waals surface area (Å²) in [6, 6.07) is 18.3. The molecule has 2 atom stereocenters. The maximum atomic E-state index is 15.4. The first kappa shape index (κ1) is 30.5. The molecule has 0 radical (unpaired) electrons. The summed E-state index contributed by atoms with van der Waals surface area (Å²) in [4.78, 5) is 26.8. The van der Waals surface area contributed by atoms with E-state index in [0.29, 0.717) is 30.8 Å². The molecule has 4 rings (SSSR count). The van der Waals surface area contributed by atoms with Crippen LogP contribution in [0.25, 0.3) is 0 Å². The van der Waals surface area contributed by atoms with Gasteiger partial charge in [0.2, 0.25) is 0 Å². The molecule has 0 saturated carbocycles. The molecule has 3 aromatic rings. The second-order valence-corrected chi connectivity index (χ2v) is 11.2. The Morgan fingerprint density at radius 1 is 1.10 bits per heavy atom. The molecular weight excluding hydrogens is 593 g/mol. The smallest absolute Gasteiger partial charge is 0.410 e. The normalized spacial score (nSPS) is 15.3. The molecule has 41 heavy (non-hydrogen) atoms. The van der Waals surface area contributed by atoms with Crippen molar-refractivity contribution in [3.63, 3.8) is 0 Å².